The van der Waals surface area contributed by atoms with E-state index in [0.717, 1.165) is 33.4 Å². The van der Waals surface area contributed by atoms with E-state index in [4.69, 9.17) is 14.2 Å². The van der Waals surface area contributed by atoms with Crippen LogP contribution >= 0.6 is 0 Å². The summed E-state index contributed by atoms with van der Waals surface area (Å²) in [6.07, 6.45) is 2.13. The first-order valence-corrected chi connectivity index (χ1v) is 11.8. The molecule has 8 heteroatoms. The summed E-state index contributed by atoms with van der Waals surface area (Å²) in [5, 5.41) is 4.57. The van der Waals surface area contributed by atoms with Gasteiger partial charge in [0.15, 0.2) is 11.5 Å². The Balaban J connectivity index is 1.65. The van der Waals surface area contributed by atoms with Crippen molar-refractivity contribution in [1.82, 2.24) is 9.47 Å². The first-order chi connectivity index (χ1) is 16.9. The average Bonchev–Trinajstić information content (AvgIpc) is 3.34. The molecule has 1 unspecified atom stereocenters. The van der Waals surface area contributed by atoms with Gasteiger partial charge in [-0.1, -0.05) is 6.07 Å². The van der Waals surface area contributed by atoms with Crippen LogP contribution in [0.1, 0.15) is 43.9 Å². The lowest BCUT2D eigenvalue weighted by atomic mass is 9.84. The highest BCUT2D eigenvalue weighted by Crippen LogP contribution is 2.50. The van der Waals surface area contributed by atoms with Gasteiger partial charge in [0.25, 0.3) is 5.91 Å². The molecule has 0 spiro atoms. The van der Waals surface area contributed by atoms with Gasteiger partial charge in [0.2, 0.25) is 11.7 Å². The highest BCUT2D eigenvalue weighted by Gasteiger charge is 2.42. The maximum absolute atomic E-state index is 13.7. The Morgan fingerprint density at radius 2 is 2.00 bits per heavy atom. The first kappa shape index (κ1) is 21.6. The van der Waals surface area contributed by atoms with Gasteiger partial charge < -0.3 is 24.1 Å². The molecular formula is C27H27N3O5. The lowest BCUT2D eigenvalue weighted by Crippen LogP contribution is -2.33. The minimum Gasteiger partial charge on any atom is -0.493 e. The quantitative estimate of drug-likeness (QED) is 0.614. The van der Waals surface area contributed by atoms with Crippen LogP contribution in [0.5, 0.6) is 17.2 Å². The SMILES string of the molecule is COc1cc(C2C3=C(CN(C(C)=O)C3=O)Nc3cccc4c3c2cn4C(C)C)cc2c1OCCO2. The van der Waals surface area contributed by atoms with Gasteiger partial charge in [0, 0.05) is 41.9 Å². The largest absolute Gasteiger partial charge is 0.493 e. The summed E-state index contributed by atoms with van der Waals surface area (Å²) in [5.41, 5.74) is 5.17. The van der Waals surface area contributed by atoms with Crippen LogP contribution in [0.2, 0.25) is 0 Å². The molecule has 0 saturated carbocycles. The maximum atomic E-state index is 13.7. The van der Waals surface area contributed by atoms with E-state index in [2.05, 4.69) is 36.0 Å². The van der Waals surface area contributed by atoms with Crippen LogP contribution in [0.25, 0.3) is 10.9 Å². The smallest absolute Gasteiger partial charge is 0.259 e. The molecule has 2 amide bonds. The number of methoxy groups -OCH3 is 1. The van der Waals surface area contributed by atoms with Crippen LogP contribution in [0.15, 0.2) is 47.8 Å². The van der Waals surface area contributed by atoms with Crippen molar-refractivity contribution in [3.8, 4) is 17.2 Å². The number of rotatable bonds is 3. The fourth-order valence-corrected chi connectivity index (χ4v) is 5.47. The number of fused-ring (bicyclic) bond motifs is 1. The van der Waals surface area contributed by atoms with Crippen molar-refractivity contribution in [3.05, 3.63) is 58.9 Å². The molecule has 180 valence electrons. The number of hydrogen-bond donors (Lipinski definition) is 1. The Morgan fingerprint density at radius 1 is 1.20 bits per heavy atom. The predicted molar refractivity (Wildman–Crippen MR) is 131 cm³/mol. The van der Waals surface area contributed by atoms with Crippen LogP contribution in [0.4, 0.5) is 5.69 Å². The number of imide groups is 1. The number of nitrogens with zero attached hydrogens (tertiary/aromatic N) is 2. The zero-order chi connectivity index (χ0) is 24.4. The second-order valence-corrected chi connectivity index (χ2v) is 9.39. The Morgan fingerprint density at radius 3 is 2.74 bits per heavy atom. The number of nitrogens with one attached hydrogen (secondary N) is 1. The van der Waals surface area contributed by atoms with Crippen molar-refractivity contribution < 1.29 is 23.8 Å². The minimum atomic E-state index is -0.426. The lowest BCUT2D eigenvalue weighted by molar-refractivity contribution is -0.139. The van der Waals surface area contributed by atoms with Crippen LogP contribution in [-0.2, 0) is 9.59 Å². The van der Waals surface area contributed by atoms with E-state index < -0.39 is 5.92 Å². The van der Waals surface area contributed by atoms with Gasteiger partial charge in [-0.15, -0.1) is 0 Å². The standard InChI is InChI=1S/C27H27N3O5/c1-14(2)29-12-17-23(16-10-21(33-4)26-22(11-16)34-8-9-35-26)25-19(13-30(15(3)31)27(25)32)28-18-6-5-7-20(29)24(17)18/h5-7,10-12,14,23,28H,8-9,13H2,1-4H3. The van der Waals surface area contributed by atoms with E-state index >= 15 is 0 Å². The summed E-state index contributed by atoms with van der Waals surface area (Å²) in [4.78, 5) is 27.3. The third-order valence-electron chi connectivity index (χ3n) is 7.01. The topological polar surface area (TPSA) is 82.0 Å². The van der Waals surface area contributed by atoms with Crippen molar-refractivity contribution in [2.75, 3.05) is 32.2 Å². The molecule has 0 bridgehead atoms. The van der Waals surface area contributed by atoms with E-state index in [1.807, 2.05) is 24.3 Å². The second-order valence-electron chi connectivity index (χ2n) is 9.39. The summed E-state index contributed by atoms with van der Waals surface area (Å²) in [6.45, 7) is 6.80. The predicted octanol–water partition coefficient (Wildman–Crippen LogP) is 4.20. The van der Waals surface area contributed by atoms with Crippen LogP contribution in [-0.4, -0.2) is 48.1 Å². The normalized spacial score (nSPS) is 18.6. The molecule has 0 fully saturated rings. The number of amides is 2. The van der Waals surface area contributed by atoms with Crippen LogP contribution in [0, 0.1) is 0 Å². The fraction of sp³-hybridized carbons (Fsp3) is 0.333. The number of ether oxygens (including phenoxy) is 3. The molecule has 1 N–H and O–H groups in total. The van der Waals surface area contributed by atoms with E-state index in [1.165, 1.54) is 11.8 Å². The van der Waals surface area contributed by atoms with E-state index in [1.54, 1.807) is 7.11 Å². The van der Waals surface area contributed by atoms with Crippen molar-refractivity contribution in [1.29, 1.82) is 0 Å². The summed E-state index contributed by atoms with van der Waals surface area (Å²) in [7, 11) is 1.59. The van der Waals surface area contributed by atoms with Gasteiger partial charge in [-0.25, -0.2) is 0 Å². The van der Waals surface area contributed by atoms with Gasteiger partial charge in [0.1, 0.15) is 13.2 Å². The van der Waals surface area contributed by atoms with Crippen molar-refractivity contribution >= 4 is 28.4 Å². The van der Waals surface area contributed by atoms with Crippen molar-refractivity contribution in [3.63, 3.8) is 0 Å². The number of benzene rings is 2. The first-order valence-electron chi connectivity index (χ1n) is 11.8. The monoisotopic (exact) mass is 473 g/mol. The molecule has 0 aliphatic carbocycles. The fourth-order valence-electron chi connectivity index (χ4n) is 5.47. The average molecular weight is 474 g/mol. The number of aromatic nitrogens is 1. The number of carbonyl (C=O) groups excluding carboxylic acids is 2. The van der Waals surface area contributed by atoms with Gasteiger partial charge in [0.05, 0.1) is 24.7 Å². The molecule has 1 atom stereocenters. The van der Waals surface area contributed by atoms with E-state index in [0.29, 0.717) is 36.0 Å². The van der Waals surface area contributed by atoms with Crippen LogP contribution in [0.3, 0.4) is 0 Å². The molecule has 35 heavy (non-hydrogen) atoms. The molecule has 8 nitrogen and oxygen atoms in total. The summed E-state index contributed by atoms with van der Waals surface area (Å²) < 4.78 is 19.6. The Bertz CT molecular complexity index is 1420. The van der Waals surface area contributed by atoms with E-state index in [9.17, 15) is 9.59 Å². The number of hydrogen-bond acceptors (Lipinski definition) is 6. The third-order valence-corrected chi connectivity index (χ3v) is 7.01. The zero-order valence-corrected chi connectivity index (χ0v) is 20.2. The van der Waals surface area contributed by atoms with Gasteiger partial charge >= 0.3 is 0 Å². The molecular weight excluding hydrogens is 446 g/mol. The molecule has 3 aromatic rings. The van der Waals surface area contributed by atoms with Crippen molar-refractivity contribution in [2.24, 2.45) is 0 Å². The third kappa shape index (κ3) is 3.12. The van der Waals surface area contributed by atoms with Gasteiger partial charge in [-0.3, -0.25) is 14.5 Å². The maximum Gasteiger partial charge on any atom is 0.259 e. The molecule has 3 aliphatic rings. The summed E-state index contributed by atoms with van der Waals surface area (Å²) in [5.74, 6) is 0.727. The zero-order valence-electron chi connectivity index (χ0n) is 20.2. The van der Waals surface area contributed by atoms with Gasteiger partial charge in [-0.2, -0.15) is 0 Å². The molecule has 0 radical (unpaired) electrons. The summed E-state index contributed by atoms with van der Waals surface area (Å²) in [6, 6.07) is 10.2. The molecule has 4 heterocycles. The lowest BCUT2D eigenvalue weighted by Gasteiger charge is -2.25. The van der Waals surface area contributed by atoms with Gasteiger partial charge in [-0.05, 0) is 49.2 Å². The van der Waals surface area contributed by atoms with Crippen molar-refractivity contribution in [2.45, 2.75) is 32.7 Å². The molecule has 6 rings (SSSR count). The molecule has 3 aliphatic heterocycles. The highest BCUT2D eigenvalue weighted by atomic mass is 16.6. The highest BCUT2D eigenvalue weighted by molar-refractivity contribution is 6.11. The molecule has 0 saturated heterocycles. The molecule has 2 aromatic carbocycles. The summed E-state index contributed by atoms with van der Waals surface area (Å²) >= 11 is 0. The minimum absolute atomic E-state index is 0.215. The Hall–Kier alpha value is -3.94. The van der Waals surface area contributed by atoms with E-state index in [-0.39, 0.29) is 24.4 Å². The number of anilines is 1. The number of carbonyl (C=O) groups is 2. The Labute approximate surface area is 203 Å². The molecule has 1 aromatic heterocycles. The van der Waals surface area contributed by atoms with Crippen LogP contribution < -0.4 is 19.5 Å². The Kier molecular flexibility index (Phi) is 4.81. The second kappa shape index (κ2) is 7.80.